The second-order valence-electron chi connectivity index (χ2n) is 7.86. The van der Waals surface area contributed by atoms with Crippen LogP contribution < -0.4 is 5.32 Å². The first-order valence-corrected chi connectivity index (χ1v) is 10.5. The molecule has 1 atom stereocenters. The molecule has 158 valence electrons. The Bertz CT molecular complexity index is 764. The summed E-state index contributed by atoms with van der Waals surface area (Å²) >= 11 is 0. The molecule has 1 aromatic carbocycles. The Kier molecular flexibility index (Phi) is 7.39. The third-order valence-electron chi connectivity index (χ3n) is 5.81. The van der Waals surface area contributed by atoms with E-state index >= 15 is 0 Å². The van der Waals surface area contributed by atoms with E-state index in [2.05, 4.69) is 17.1 Å². The Labute approximate surface area is 172 Å². The van der Waals surface area contributed by atoms with Crippen molar-refractivity contribution in [2.75, 3.05) is 39.9 Å². The molecule has 1 N–H and O–H groups in total. The molecule has 7 heteroatoms. The molecule has 0 aromatic heterocycles. The highest BCUT2D eigenvalue weighted by Gasteiger charge is 2.35. The van der Waals surface area contributed by atoms with Gasteiger partial charge in [-0.1, -0.05) is 6.42 Å². The lowest BCUT2D eigenvalue weighted by atomic mass is 10.0. The molecule has 3 rings (SSSR count). The van der Waals surface area contributed by atoms with Crippen LogP contribution in [0.2, 0.25) is 0 Å². The minimum atomic E-state index is -0.338. The highest BCUT2D eigenvalue weighted by atomic mass is 16.5. The van der Waals surface area contributed by atoms with Gasteiger partial charge in [0.15, 0.2) is 0 Å². The number of carbonyl (C=O) groups excluding carboxylic acids is 3. The number of ether oxygens (including phenoxy) is 1. The van der Waals surface area contributed by atoms with Crippen molar-refractivity contribution in [2.45, 2.75) is 45.1 Å². The number of hydrogen-bond acceptors (Lipinski definition) is 5. The molecule has 2 aliphatic rings. The molecule has 2 aliphatic heterocycles. The number of benzene rings is 1. The normalized spacial score (nSPS) is 19.5. The third kappa shape index (κ3) is 5.03. The fraction of sp³-hybridized carbons (Fsp3) is 0.591. The van der Waals surface area contributed by atoms with Gasteiger partial charge in [-0.25, -0.2) is 0 Å². The van der Waals surface area contributed by atoms with Crippen molar-refractivity contribution in [3.8, 4) is 0 Å². The maximum atomic E-state index is 12.6. The number of piperidine rings is 1. The molecule has 1 aromatic rings. The predicted molar refractivity (Wildman–Crippen MR) is 110 cm³/mol. The van der Waals surface area contributed by atoms with Crippen molar-refractivity contribution in [1.29, 1.82) is 0 Å². The zero-order chi connectivity index (χ0) is 20.8. The second-order valence-corrected chi connectivity index (χ2v) is 7.86. The molecule has 3 amide bonds. The topological polar surface area (TPSA) is 79.0 Å². The van der Waals surface area contributed by atoms with Crippen molar-refractivity contribution in [3.05, 3.63) is 34.9 Å². The summed E-state index contributed by atoms with van der Waals surface area (Å²) in [6.07, 6.45) is 5.28. The maximum absolute atomic E-state index is 12.6. The van der Waals surface area contributed by atoms with Crippen LogP contribution in [0.3, 0.4) is 0 Å². The van der Waals surface area contributed by atoms with Crippen molar-refractivity contribution < 1.29 is 19.1 Å². The average molecular weight is 402 g/mol. The van der Waals surface area contributed by atoms with Gasteiger partial charge in [-0.3, -0.25) is 19.3 Å². The van der Waals surface area contributed by atoms with Crippen molar-refractivity contribution in [3.63, 3.8) is 0 Å². The van der Waals surface area contributed by atoms with Gasteiger partial charge in [-0.15, -0.1) is 0 Å². The van der Waals surface area contributed by atoms with E-state index in [9.17, 15) is 14.4 Å². The number of hydrogen-bond donors (Lipinski definition) is 1. The molecular weight excluding hydrogens is 370 g/mol. The lowest BCUT2D eigenvalue weighted by molar-refractivity contribution is 0.0638. The summed E-state index contributed by atoms with van der Waals surface area (Å²) in [6.45, 7) is 5.77. The Balaban J connectivity index is 1.52. The number of methoxy groups -OCH3 is 1. The van der Waals surface area contributed by atoms with Gasteiger partial charge in [0.2, 0.25) is 0 Å². The molecule has 2 heterocycles. The van der Waals surface area contributed by atoms with Crippen LogP contribution in [0, 0.1) is 0 Å². The number of nitrogens with zero attached hydrogens (tertiary/aromatic N) is 2. The lowest BCUT2D eigenvalue weighted by Gasteiger charge is -2.33. The van der Waals surface area contributed by atoms with Crippen LogP contribution in [0.4, 0.5) is 0 Å². The number of likely N-dealkylation sites (tertiary alicyclic amines) is 1. The second kappa shape index (κ2) is 9.98. The van der Waals surface area contributed by atoms with Crippen LogP contribution in [0.25, 0.3) is 0 Å². The molecule has 0 spiro atoms. The number of nitrogens with one attached hydrogen (secondary N) is 1. The standard InChI is InChI=1S/C22H31N3O4/c1-16-7-3-4-11-24(16)12-5-10-23-20(26)17-8-9-18-19(15-17)22(28)25(21(18)27)13-6-14-29-2/h8-9,15-16H,3-7,10-14H2,1-2H3,(H,23,26)/t16-/m1/s1. The number of fused-ring (bicyclic) bond motifs is 1. The van der Waals surface area contributed by atoms with Gasteiger partial charge in [0.05, 0.1) is 11.1 Å². The SMILES string of the molecule is COCCCN1C(=O)c2ccc(C(=O)NCCCN3CCCC[C@H]3C)cc2C1=O. The molecule has 0 radical (unpaired) electrons. The van der Waals surface area contributed by atoms with E-state index in [1.165, 1.54) is 30.2 Å². The Hall–Kier alpha value is -2.25. The zero-order valence-corrected chi connectivity index (χ0v) is 17.4. The molecule has 0 aliphatic carbocycles. The van der Waals surface area contributed by atoms with Crippen LogP contribution in [0.5, 0.6) is 0 Å². The van der Waals surface area contributed by atoms with E-state index in [1.54, 1.807) is 19.2 Å². The fourth-order valence-corrected chi connectivity index (χ4v) is 4.08. The van der Waals surface area contributed by atoms with E-state index < -0.39 is 0 Å². The summed E-state index contributed by atoms with van der Waals surface area (Å²) in [4.78, 5) is 41.2. The van der Waals surface area contributed by atoms with E-state index in [4.69, 9.17) is 4.74 Å². The molecule has 7 nitrogen and oxygen atoms in total. The van der Waals surface area contributed by atoms with Gasteiger partial charge in [0.25, 0.3) is 17.7 Å². The van der Waals surface area contributed by atoms with Crippen LogP contribution in [-0.4, -0.2) is 73.5 Å². The Morgan fingerprint density at radius 2 is 1.93 bits per heavy atom. The zero-order valence-electron chi connectivity index (χ0n) is 17.4. The van der Waals surface area contributed by atoms with E-state index in [1.807, 2.05) is 0 Å². The average Bonchev–Trinajstić information content (AvgIpc) is 2.96. The van der Waals surface area contributed by atoms with Gasteiger partial charge < -0.3 is 15.0 Å². The molecule has 0 unspecified atom stereocenters. The molecule has 0 saturated carbocycles. The minimum Gasteiger partial charge on any atom is -0.385 e. The molecule has 29 heavy (non-hydrogen) atoms. The minimum absolute atomic E-state index is 0.211. The van der Waals surface area contributed by atoms with Crippen molar-refractivity contribution in [2.24, 2.45) is 0 Å². The lowest BCUT2D eigenvalue weighted by Crippen LogP contribution is -2.39. The first-order valence-electron chi connectivity index (χ1n) is 10.5. The summed E-state index contributed by atoms with van der Waals surface area (Å²) in [7, 11) is 1.58. The van der Waals surface area contributed by atoms with E-state index in [0.717, 1.165) is 19.5 Å². The number of rotatable bonds is 9. The van der Waals surface area contributed by atoms with Gasteiger partial charge in [-0.2, -0.15) is 0 Å². The first-order chi connectivity index (χ1) is 14.0. The smallest absolute Gasteiger partial charge is 0.261 e. The Morgan fingerprint density at radius 1 is 1.14 bits per heavy atom. The summed E-state index contributed by atoms with van der Waals surface area (Å²) in [5, 5.41) is 2.93. The monoisotopic (exact) mass is 401 g/mol. The van der Waals surface area contributed by atoms with Crippen LogP contribution >= 0.6 is 0 Å². The van der Waals surface area contributed by atoms with Gasteiger partial charge in [0, 0.05) is 45.0 Å². The van der Waals surface area contributed by atoms with E-state index in [0.29, 0.717) is 48.8 Å². The van der Waals surface area contributed by atoms with Crippen molar-refractivity contribution in [1.82, 2.24) is 15.1 Å². The summed E-state index contributed by atoms with van der Waals surface area (Å²) in [5.41, 5.74) is 1.08. The summed E-state index contributed by atoms with van der Waals surface area (Å²) in [6, 6.07) is 5.35. The fourth-order valence-electron chi connectivity index (χ4n) is 4.08. The summed E-state index contributed by atoms with van der Waals surface area (Å²) < 4.78 is 4.99. The molecule has 0 bridgehead atoms. The van der Waals surface area contributed by atoms with Gasteiger partial charge >= 0.3 is 0 Å². The quantitative estimate of drug-likeness (QED) is 0.507. The van der Waals surface area contributed by atoms with Gasteiger partial charge in [0.1, 0.15) is 0 Å². The molecule has 1 saturated heterocycles. The van der Waals surface area contributed by atoms with Gasteiger partial charge in [-0.05, 0) is 57.4 Å². The molecule has 1 fully saturated rings. The number of imide groups is 1. The van der Waals surface area contributed by atoms with Crippen LogP contribution in [0.1, 0.15) is 70.1 Å². The van der Waals surface area contributed by atoms with Crippen molar-refractivity contribution >= 4 is 17.7 Å². The highest BCUT2D eigenvalue weighted by Crippen LogP contribution is 2.24. The van der Waals surface area contributed by atoms with E-state index in [-0.39, 0.29) is 17.7 Å². The largest absolute Gasteiger partial charge is 0.385 e. The first kappa shape index (κ1) is 21.5. The van der Waals surface area contributed by atoms with Crippen LogP contribution in [0.15, 0.2) is 18.2 Å². The number of amides is 3. The van der Waals surface area contributed by atoms with Crippen LogP contribution in [-0.2, 0) is 4.74 Å². The predicted octanol–water partition coefficient (Wildman–Crippen LogP) is 2.31. The summed E-state index contributed by atoms with van der Waals surface area (Å²) in [5.74, 6) is -0.851. The third-order valence-corrected chi connectivity index (χ3v) is 5.81. The maximum Gasteiger partial charge on any atom is 0.261 e. The molecular formula is C22H31N3O4. The number of carbonyl (C=O) groups is 3. The highest BCUT2D eigenvalue weighted by molar-refractivity contribution is 6.22. The Morgan fingerprint density at radius 3 is 2.69 bits per heavy atom.